The van der Waals surface area contributed by atoms with E-state index in [0.717, 1.165) is 5.56 Å². The first-order chi connectivity index (χ1) is 10.0. The van der Waals surface area contributed by atoms with E-state index in [1.807, 2.05) is 0 Å². The standard InChI is InChI=1S/C14H12BrFN2O3/c1-17-8-9-5-6-13(11(16)7-9)21-14-10(15)3-2-4-12(14)18(19)20/h2-7,17H,8H2,1H3. The summed E-state index contributed by atoms with van der Waals surface area (Å²) in [6, 6.07) is 8.88. The number of hydrogen-bond donors (Lipinski definition) is 1. The summed E-state index contributed by atoms with van der Waals surface area (Å²) >= 11 is 3.17. The van der Waals surface area contributed by atoms with E-state index in [0.29, 0.717) is 11.0 Å². The smallest absolute Gasteiger partial charge is 0.312 e. The Morgan fingerprint density at radius 1 is 1.38 bits per heavy atom. The van der Waals surface area contributed by atoms with E-state index in [4.69, 9.17) is 4.74 Å². The van der Waals surface area contributed by atoms with Crippen LogP contribution in [0.3, 0.4) is 0 Å². The van der Waals surface area contributed by atoms with E-state index >= 15 is 0 Å². The van der Waals surface area contributed by atoms with Crippen LogP contribution in [0.5, 0.6) is 11.5 Å². The van der Waals surface area contributed by atoms with Gasteiger partial charge in [-0.3, -0.25) is 10.1 Å². The topological polar surface area (TPSA) is 64.4 Å². The van der Waals surface area contributed by atoms with Gasteiger partial charge >= 0.3 is 5.69 Å². The maximum atomic E-state index is 14.0. The molecule has 2 aromatic carbocycles. The predicted molar refractivity (Wildman–Crippen MR) is 80.0 cm³/mol. The highest BCUT2D eigenvalue weighted by atomic mass is 79.9. The summed E-state index contributed by atoms with van der Waals surface area (Å²) in [4.78, 5) is 10.4. The van der Waals surface area contributed by atoms with Crippen molar-refractivity contribution in [3.63, 3.8) is 0 Å². The van der Waals surface area contributed by atoms with E-state index in [9.17, 15) is 14.5 Å². The molecule has 0 aromatic heterocycles. The third-order valence-corrected chi connectivity index (χ3v) is 3.36. The van der Waals surface area contributed by atoms with Gasteiger partial charge in [0.05, 0.1) is 9.40 Å². The van der Waals surface area contributed by atoms with Crippen LogP contribution in [-0.4, -0.2) is 12.0 Å². The Bertz CT molecular complexity index is 679. The molecular formula is C14H12BrFN2O3. The molecule has 1 N–H and O–H groups in total. The van der Waals surface area contributed by atoms with Crippen LogP contribution >= 0.6 is 15.9 Å². The number of benzene rings is 2. The molecule has 0 atom stereocenters. The maximum absolute atomic E-state index is 14.0. The zero-order valence-corrected chi connectivity index (χ0v) is 12.7. The van der Waals surface area contributed by atoms with Gasteiger partial charge in [-0.2, -0.15) is 0 Å². The monoisotopic (exact) mass is 354 g/mol. The van der Waals surface area contributed by atoms with Crippen LogP contribution in [-0.2, 0) is 6.54 Å². The summed E-state index contributed by atoms with van der Waals surface area (Å²) in [5.41, 5.74) is 0.520. The largest absolute Gasteiger partial charge is 0.446 e. The molecule has 0 amide bonds. The first-order valence-corrected chi connectivity index (χ1v) is 6.86. The molecule has 110 valence electrons. The van der Waals surface area contributed by atoms with Crippen molar-refractivity contribution < 1.29 is 14.1 Å². The lowest BCUT2D eigenvalue weighted by Gasteiger charge is -2.10. The minimum atomic E-state index is -0.576. The minimum absolute atomic E-state index is 0.0252. The Balaban J connectivity index is 2.37. The van der Waals surface area contributed by atoms with Gasteiger partial charge in [0.2, 0.25) is 5.75 Å². The van der Waals surface area contributed by atoms with Crippen LogP contribution in [0, 0.1) is 15.9 Å². The molecule has 0 unspecified atom stereocenters. The Morgan fingerprint density at radius 2 is 2.14 bits per heavy atom. The number of ether oxygens (including phenoxy) is 1. The lowest BCUT2D eigenvalue weighted by Crippen LogP contribution is -2.05. The van der Waals surface area contributed by atoms with E-state index in [1.54, 1.807) is 19.2 Å². The van der Waals surface area contributed by atoms with Crippen molar-refractivity contribution in [2.24, 2.45) is 0 Å². The van der Waals surface area contributed by atoms with Crippen LogP contribution < -0.4 is 10.1 Å². The van der Waals surface area contributed by atoms with Crippen molar-refractivity contribution in [3.05, 3.63) is 62.4 Å². The zero-order chi connectivity index (χ0) is 15.4. The van der Waals surface area contributed by atoms with Crippen LogP contribution in [0.25, 0.3) is 0 Å². The SMILES string of the molecule is CNCc1ccc(Oc2c(Br)cccc2[N+](=O)[O-])c(F)c1. The molecule has 0 radical (unpaired) electrons. The molecule has 0 heterocycles. The second-order valence-electron chi connectivity index (χ2n) is 4.24. The lowest BCUT2D eigenvalue weighted by molar-refractivity contribution is -0.385. The van der Waals surface area contributed by atoms with Gasteiger partial charge < -0.3 is 10.1 Å². The van der Waals surface area contributed by atoms with Crippen LogP contribution in [0.2, 0.25) is 0 Å². The van der Waals surface area contributed by atoms with Gasteiger partial charge in [0.25, 0.3) is 0 Å². The number of nitrogens with zero attached hydrogens (tertiary/aromatic N) is 1. The molecule has 0 aliphatic carbocycles. The second-order valence-corrected chi connectivity index (χ2v) is 5.10. The lowest BCUT2D eigenvalue weighted by atomic mass is 10.2. The number of halogens is 2. The molecular weight excluding hydrogens is 343 g/mol. The molecule has 0 aliphatic rings. The fourth-order valence-electron chi connectivity index (χ4n) is 1.79. The third-order valence-electron chi connectivity index (χ3n) is 2.73. The average molecular weight is 355 g/mol. The fourth-order valence-corrected chi connectivity index (χ4v) is 2.23. The molecule has 21 heavy (non-hydrogen) atoms. The number of hydrogen-bond acceptors (Lipinski definition) is 4. The minimum Gasteiger partial charge on any atom is -0.446 e. The van der Waals surface area contributed by atoms with Crippen molar-refractivity contribution in [1.82, 2.24) is 5.32 Å². The summed E-state index contributed by atoms with van der Waals surface area (Å²) in [6.07, 6.45) is 0. The number of para-hydroxylation sites is 1. The van der Waals surface area contributed by atoms with Gasteiger partial charge in [-0.05, 0) is 46.7 Å². The summed E-state index contributed by atoms with van der Waals surface area (Å²) in [5, 5.41) is 13.9. The van der Waals surface area contributed by atoms with Crippen molar-refractivity contribution in [2.45, 2.75) is 6.54 Å². The first kappa shape index (κ1) is 15.4. The first-order valence-electron chi connectivity index (χ1n) is 6.06. The summed E-state index contributed by atoms with van der Waals surface area (Å²) in [5.74, 6) is -0.666. The van der Waals surface area contributed by atoms with Gasteiger partial charge in [0.15, 0.2) is 11.6 Å². The average Bonchev–Trinajstić information content (AvgIpc) is 2.43. The zero-order valence-electron chi connectivity index (χ0n) is 11.1. The fraction of sp³-hybridized carbons (Fsp3) is 0.143. The van der Waals surface area contributed by atoms with Crippen molar-refractivity contribution in [3.8, 4) is 11.5 Å². The summed E-state index contributed by atoms with van der Waals surface area (Å²) < 4.78 is 19.8. The van der Waals surface area contributed by atoms with Gasteiger partial charge in [0, 0.05) is 12.6 Å². The number of nitrogens with one attached hydrogen (secondary N) is 1. The number of nitro groups is 1. The Morgan fingerprint density at radius 3 is 2.76 bits per heavy atom. The highest BCUT2D eigenvalue weighted by Crippen LogP contribution is 2.38. The summed E-state index contributed by atoms with van der Waals surface area (Å²) in [7, 11) is 1.76. The molecule has 0 spiro atoms. The normalized spacial score (nSPS) is 10.4. The molecule has 0 aliphatic heterocycles. The quantitative estimate of drug-likeness (QED) is 0.650. The molecule has 5 nitrogen and oxygen atoms in total. The van der Waals surface area contributed by atoms with E-state index < -0.39 is 10.7 Å². The van der Waals surface area contributed by atoms with Crippen molar-refractivity contribution in [2.75, 3.05) is 7.05 Å². The molecule has 2 aromatic rings. The highest BCUT2D eigenvalue weighted by molar-refractivity contribution is 9.10. The molecule has 0 saturated heterocycles. The van der Waals surface area contributed by atoms with E-state index in [2.05, 4.69) is 21.2 Å². The second kappa shape index (κ2) is 6.64. The van der Waals surface area contributed by atoms with Crippen molar-refractivity contribution in [1.29, 1.82) is 0 Å². The molecule has 2 rings (SSSR count). The highest BCUT2D eigenvalue weighted by Gasteiger charge is 2.20. The maximum Gasteiger partial charge on any atom is 0.312 e. The predicted octanol–water partition coefficient (Wildman–Crippen LogP) is 4.01. The van der Waals surface area contributed by atoms with Crippen LogP contribution in [0.15, 0.2) is 40.9 Å². The van der Waals surface area contributed by atoms with Gasteiger partial charge in [-0.25, -0.2) is 4.39 Å². The van der Waals surface area contributed by atoms with E-state index in [-0.39, 0.29) is 17.2 Å². The molecule has 0 bridgehead atoms. The van der Waals surface area contributed by atoms with Gasteiger partial charge in [0.1, 0.15) is 0 Å². The van der Waals surface area contributed by atoms with Crippen molar-refractivity contribution >= 4 is 21.6 Å². The number of nitro benzene ring substituents is 1. The van der Waals surface area contributed by atoms with Gasteiger partial charge in [-0.15, -0.1) is 0 Å². The van der Waals surface area contributed by atoms with Crippen LogP contribution in [0.1, 0.15) is 5.56 Å². The molecule has 0 saturated carbocycles. The Hall–Kier alpha value is -1.99. The number of rotatable bonds is 5. The van der Waals surface area contributed by atoms with Gasteiger partial charge in [-0.1, -0.05) is 12.1 Å². The Labute approximate surface area is 129 Å². The third kappa shape index (κ3) is 3.56. The van der Waals surface area contributed by atoms with E-state index in [1.165, 1.54) is 24.3 Å². The summed E-state index contributed by atoms with van der Waals surface area (Å²) in [6.45, 7) is 0.520. The molecule has 7 heteroatoms. The molecule has 0 fully saturated rings. The Kier molecular flexibility index (Phi) is 4.87. The van der Waals surface area contributed by atoms with Crippen LogP contribution in [0.4, 0.5) is 10.1 Å².